The largest absolute Gasteiger partial charge is 0.495 e. The van der Waals surface area contributed by atoms with Crippen LogP contribution < -0.4 is 15.0 Å². The van der Waals surface area contributed by atoms with Gasteiger partial charge in [-0.15, -0.1) is 0 Å². The van der Waals surface area contributed by atoms with Crippen LogP contribution in [0.2, 0.25) is 0 Å². The van der Waals surface area contributed by atoms with Crippen LogP contribution in [-0.4, -0.2) is 55.1 Å². The minimum atomic E-state index is 0.00245. The van der Waals surface area contributed by atoms with Crippen molar-refractivity contribution in [3.8, 4) is 5.75 Å². The number of benzene rings is 1. The average molecular weight is 352 g/mol. The van der Waals surface area contributed by atoms with Gasteiger partial charge in [0.2, 0.25) is 0 Å². The first kappa shape index (κ1) is 16.7. The molecule has 2 fully saturated rings. The van der Waals surface area contributed by atoms with Gasteiger partial charge in [-0.2, -0.15) is 0 Å². The summed E-state index contributed by atoms with van der Waals surface area (Å²) in [4.78, 5) is 21.2. The summed E-state index contributed by atoms with van der Waals surface area (Å²) >= 11 is 0. The summed E-state index contributed by atoms with van der Waals surface area (Å²) in [5, 5.41) is 3.39. The molecule has 2 heterocycles. The number of rotatable bonds is 5. The maximum absolute atomic E-state index is 12.7. The highest BCUT2D eigenvalue weighted by Crippen LogP contribution is 2.28. The predicted octanol–water partition coefficient (Wildman–Crippen LogP) is 2.63. The van der Waals surface area contributed by atoms with Crippen LogP contribution in [0.25, 0.3) is 0 Å². The summed E-state index contributed by atoms with van der Waals surface area (Å²) in [6, 6.07) is 12.4. The summed E-state index contributed by atoms with van der Waals surface area (Å²) < 4.78 is 5.45. The highest BCUT2D eigenvalue weighted by atomic mass is 16.5. The molecule has 0 radical (unpaired) electrons. The monoisotopic (exact) mass is 352 g/mol. The Labute approximate surface area is 153 Å². The van der Waals surface area contributed by atoms with E-state index in [0.717, 1.165) is 30.2 Å². The van der Waals surface area contributed by atoms with Crippen molar-refractivity contribution in [3.63, 3.8) is 0 Å². The molecule has 1 aromatic heterocycles. The van der Waals surface area contributed by atoms with Gasteiger partial charge in [0.05, 0.1) is 24.7 Å². The molecule has 1 saturated heterocycles. The lowest BCUT2D eigenvalue weighted by molar-refractivity contribution is 0.0741. The molecule has 0 atom stereocenters. The Morgan fingerprint density at radius 2 is 1.88 bits per heavy atom. The molecule has 0 bridgehead atoms. The number of carbonyl (C=O) groups is 1. The quantitative estimate of drug-likeness (QED) is 0.896. The standard InChI is InChI=1S/C20H24N4O2/c1-26-19-5-3-2-4-18(19)23-10-12-24(13-11-23)20(25)17-9-8-16(14-21-17)22-15-6-7-15/h2-5,8-9,14-15,22H,6-7,10-13H2,1H3. The predicted molar refractivity (Wildman–Crippen MR) is 102 cm³/mol. The minimum Gasteiger partial charge on any atom is -0.495 e. The van der Waals surface area contributed by atoms with Gasteiger partial charge in [-0.1, -0.05) is 12.1 Å². The van der Waals surface area contributed by atoms with E-state index < -0.39 is 0 Å². The Morgan fingerprint density at radius 3 is 2.54 bits per heavy atom. The van der Waals surface area contributed by atoms with Crippen molar-refractivity contribution >= 4 is 17.3 Å². The fraction of sp³-hybridized carbons (Fsp3) is 0.400. The molecule has 6 nitrogen and oxygen atoms in total. The van der Waals surface area contributed by atoms with Crippen molar-refractivity contribution in [3.05, 3.63) is 48.3 Å². The normalized spacial score (nSPS) is 17.1. The highest BCUT2D eigenvalue weighted by molar-refractivity contribution is 5.92. The van der Waals surface area contributed by atoms with E-state index in [4.69, 9.17) is 4.74 Å². The maximum Gasteiger partial charge on any atom is 0.272 e. The van der Waals surface area contributed by atoms with Gasteiger partial charge < -0.3 is 19.9 Å². The number of nitrogens with zero attached hydrogens (tertiary/aromatic N) is 3. The molecule has 2 aromatic rings. The number of hydrogen-bond acceptors (Lipinski definition) is 5. The van der Waals surface area contributed by atoms with Crippen molar-refractivity contribution in [2.24, 2.45) is 0 Å². The summed E-state index contributed by atoms with van der Waals surface area (Å²) in [6.45, 7) is 2.93. The van der Waals surface area contributed by atoms with E-state index >= 15 is 0 Å². The van der Waals surface area contributed by atoms with Gasteiger partial charge in [0.25, 0.3) is 5.91 Å². The van der Waals surface area contributed by atoms with E-state index in [-0.39, 0.29) is 5.91 Å². The summed E-state index contributed by atoms with van der Waals surface area (Å²) in [5.41, 5.74) is 2.58. The fourth-order valence-corrected chi connectivity index (χ4v) is 3.27. The van der Waals surface area contributed by atoms with E-state index in [0.29, 0.717) is 24.8 Å². The molecule has 0 unspecified atom stereocenters. The number of ether oxygens (including phenoxy) is 1. The minimum absolute atomic E-state index is 0.00245. The van der Waals surface area contributed by atoms with E-state index in [2.05, 4.69) is 21.3 Å². The number of hydrogen-bond donors (Lipinski definition) is 1. The number of pyridine rings is 1. The lowest BCUT2D eigenvalue weighted by Gasteiger charge is -2.36. The first-order valence-corrected chi connectivity index (χ1v) is 9.14. The van der Waals surface area contributed by atoms with Crippen LogP contribution in [-0.2, 0) is 0 Å². The first-order chi connectivity index (χ1) is 12.7. The van der Waals surface area contributed by atoms with Crippen LogP contribution in [0.4, 0.5) is 11.4 Å². The molecule has 1 saturated carbocycles. The van der Waals surface area contributed by atoms with Crippen LogP contribution >= 0.6 is 0 Å². The van der Waals surface area contributed by atoms with Crippen LogP contribution in [0.15, 0.2) is 42.6 Å². The highest BCUT2D eigenvalue weighted by Gasteiger charge is 2.25. The fourth-order valence-electron chi connectivity index (χ4n) is 3.27. The number of nitrogens with one attached hydrogen (secondary N) is 1. The average Bonchev–Trinajstić information content (AvgIpc) is 3.52. The molecule has 1 aliphatic heterocycles. The van der Waals surface area contributed by atoms with Crippen molar-refractivity contribution in [2.45, 2.75) is 18.9 Å². The van der Waals surface area contributed by atoms with Crippen LogP contribution in [0.5, 0.6) is 5.75 Å². The van der Waals surface area contributed by atoms with E-state index in [1.807, 2.05) is 35.2 Å². The van der Waals surface area contributed by atoms with Gasteiger partial charge in [-0.25, -0.2) is 4.98 Å². The van der Waals surface area contributed by atoms with Crippen molar-refractivity contribution in [2.75, 3.05) is 43.5 Å². The Hall–Kier alpha value is -2.76. The van der Waals surface area contributed by atoms with Gasteiger partial charge >= 0.3 is 0 Å². The number of anilines is 2. The number of amides is 1. The molecule has 6 heteroatoms. The lowest BCUT2D eigenvalue weighted by atomic mass is 10.2. The lowest BCUT2D eigenvalue weighted by Crippen LogP contribution is -2.49. The zero-order valence-corrected chi connectivity index (χ0v) is 15.0. The van der Waals surface area contributed by atoms with E-state index in [1.54, 1.807) is 13.3 Å². The zero-order chi connectivity index (χ0) is 17.9. The molecule has 1 amide bonds. The summed E-state index contributed by atoms with van der Waals surface area (Å²) in [5.74, 6) is 0.871. The number of aromatic nitrogens is 1. The Bertz CT molecular complexity index is 766. The second kappa shape index (κ2) is 7.23. The molecule has 1 aliphatic carbocycles. The van der Waals surface area contributed by atoms with E-state index in [1.165, 1.54) is 12.8 Å². The summed E-state index contributed by atoms with van der Waals surface area (Å²) in [7, 11) is 1.69. The third kappa shape index (κ3) is 3.59. The molecule has 0 spiro atoms. The van der Waals surface area contributed by atoms with Crippen molar-refractivity contribution < 1.29 is 9.53 Å². The zero-order valence-electron chi connectivity index (χ0n) is 15.0. The molecule has 26 heavy (non-hydrogen) atoms. The Morgan fingerprint density at radius 1 is 1.12 bits per heavy atom. The van der Waals surface area contributed by atoms with Crippen LogP contribution in [0.3, 0.4) is 0 Å². The molecule has 2 aliphatic rings. The molecule has 4 rings (SSSR count). The molecular weight excluding hydrogens is 328 g/mol. The maximum atomic E-state index is 12.7. The first-order valence-electron chi connectivity index (χ1n) is 9.14. The molecule has 1 N–H and O–H groups in total. The van der Waals surface area contributed by atoms with Gasteiger partial charge in [0.1, 0.15) is 11.4 Å². The third-order valence-electron chi connectivity index (χ3n) is 4.92. The molecule has 1 aromatic carbocycles. The second-order valence-corrected chi connectivity index (χ2v) is 6.80. The van der Waals surface area contributed by atoms with Crippen molar-refractivity contribution in [1.29, 1.82) is 0 Å². The van der Waals surface area contributed by atoms with Crippen molar-refractivity contribution in [1.82, 2.24) is 9.88 Å². The molecular formula is C20H24N4O2. The van der Waals surface area contributed by atoms with Gasteiger partial charge in [0.15, 0.2) is 0 Å². The second-order valence-electron chi connectivity index (χ2n) is 6.80. The Kier molecular flexibility index (Phi) is 4.65. The smallest absolute Gasteiger partial charge is 0.272 e. The summed E-state index contributed by atoms with van der Waals surface area (Å²) in [6.07, 6.45) is 4.20. The van der Waals surface area contributed by atoms with E-state index in [9.17, 15) is 4.79 Å². The number of methoxy groups -OCH3 is 1. The number of carbonyl (C=O) groups excluding carboxylic acids is 1. The van der Waals surface area contributed by atoms with Gasteiger partial charge in [0, 0.05) is 32.2 Å². The SMILES string of the molecule is COc1ccccc1N1CCN(C(=O)c2ccc(NC3CC3)cn2)CC1. The molecule has 136 valence electrons. The van der Waals surface area contributed by atoms with Crippen LogP contribution in [0.1, 0.15) is 23.3 Å². The number of para-hydroxylation sites is 2. The topological polar surface area (TPSA) is 57.7 Å². The third-order valence-corrected chi connectivity index (χ3v) is 4.92. The van der Waals surface area contributed by atoms with Gasteiger partial charge in [-0.05, 0) is 37.1 Å². The van der Waals surface area contributed by atoms with Crippen LogP contribution in [0, 0.1) is 0 Å². The number of piperazine rings is 1. The van der Waals surface area contributed by atoms with Gasteiger partial charge in [-0.3, -0.25) is 4.79 Å². The Balaban J connectivity index is 1.37.